The molecule has 2 aromatic heterocycles. The molecule has 1 unspecified atom stereocenters. The Hall–Kier alpha value is -3.16. The maximum absolute atomic E-state index is 14.3. The summed E-state index contributed by atoms with van der Waals surface area (Å²) in [6.07, 6.45) is 1.96. The van der Waals surface area contributed by atoms with E-state index in [0.29, 0.717) is 29.0 Å². The first kappa shape index (κ1) is 19.6. The lowest BCUT2D eigenvalue weighted by molar-refractivity contribution is 0.176. The Morgan fingerprint density at radius 3 is 2.75 bits per heavy atom. The Bertz CT molecular complexity index is 1090. The summed E-state index contributed by atoms with van der Waals surface area (Å²) in [4.78, 5) is 27.3. The number of nitrogens with one attached hydrogen (secondary N) is 1. The van der Waals surface area contributed by atoms with Gasteiger partial charge in [0.05, 0.1) is 23.1 Å². The summed E-state index contributed by atoms with van der Waals surface area (Å²) in [5, 5.41) is 12.5. The molecule has 0 bridgehead atoms. The van der Waals surface area contributed by atoms with E-state index in [2.05, 4.69) is 10.3 Å². The normalized spacial score (nSPS) is 12.5. The Balaban J connectivity index is 1.97. The standard InChI is InChI=1S/C20H22FN3O4/c1-11(2)6-12(23-20(26)27)10-28-13-4-5-14-17(7-13)24(3)19(25)15-8-22-9-16(21)18(14)15/h4-5,7-9,11-12,23H,6,10H2,1-3H3,(H,26,27). The third-order valence-electron chi connectivity index (χ3n) is 4.57. The van der Waals surface area contributed by atoms with E-state index in [1.807, 2.05) is 13.8 Å². The zero-order chi connectivity index (χ0) is 20.4. The van der Waals surface area contributed by atoms with Crippen molar-refractivity contribution in [3.63, 3.8) is 0 Å². The molecule has 0 saturated heterocycles. The van der Waals surface area contributed by atoms with Crippen molar-refractivity contribution < 1.29 is 19.0 Å². The fourth-order valence-corrected chi connectivity index (χ4v) is 3.36. The molecule has 3 aromatic rings. The van der Waals surface area contributed by atoms with Crippen LogP contribution in [0.3, 0.4) is 0 Å². The van der Waals surface area contributed by atoms with Crippen LogP contribution in [0.15, 0.2) is 35.4 Å². The molecule has 2 heterocycles. The minimum absolute atomic E-state index is 0.149. The summed E-state index contributed by atoms with van der Waals surface area (Å²) in [7, 11) is 1.60. The summed E-state index contributed by atoms with van der Waals surface area (Å²) >= 11 is 0. The van der Waals surface area contributed by atoms with Crippen molar-refractivity contribution in [3.8, 4) is 5.75 Å². The second-order valence-corrected chi connectivity index (χ2v) is 7.17. The number of carboxylic acid groups (broad SMARTS) is 1. The van der Waals surface area contributed by atoms with Gasteiger partial charge in [0.25, 0.3) is 5.56 Å². The predicted molar refractivity (Wildman–Crippen MR) is 104 cm³/mol. The van der Waals surface area contributed by atoms with Gasteiger partial charge in [-0.05, 0) is 24.5 Å². The van der Waals surface area contributed by atoms with Gasteiger partial charge in [-0.3, -0.25) is 9.78 Å². The second-order valence-electron chi connectivity index (χ2n) is 7.17. The number of halogens is 1. The fraction of sp³-hybridized carbons (Fsp3) is 0.350. The summed E-state index contributed by atoms with van der Waals surface area (Å²) in [5.41, 5.74) is 0.170. The van der Waals surface area contributed by atoms with E-state index >= 15 is 0 Å². The van der Waals surface area contributed by atoms with Crippen LogP contribution in [-0.2, 0) is 7.05 Å². The van der Waals surface area contributed by atoms with Crippen molar-refractivity contribution in [2.75, 3.05) is 6.61 Å². The number of benzene rings is 1. The fourth-order valence-electron chi connectivity index (χ4n) is 3.36. The lowest BCUT2D eigenvalue weighted by Gasteiger charge is -2.20. The van der Waals surface area contributed by atoms with Crippen molar-refractivity contribution in [3.05, 3.63) is 46.8 Å². The molecular formula is C20H22FN3O4. The Morgan fingerprint density at radius 2 is 2.07 bits per heavy atom. The molecule has 1 atom stereocenters. The van der Waals surface area contributed by atoms with Gasteiger partial charge in [-0.2, -0.15) is 0 Å². The lowest BCUT2D eigenvalue weighted by atomic mass is 10.0. The SMILES string of the molecule is CC(C)CC(COc1ccc2c3c(F)cncc3c(=O)n(C)c2c1)NC(=O)O. The van der Waals surface area contributed by atoms with Crippen LogP contribution in [-0.4, -0.2) is 33.4 Å². The summed E-state index contributed by atoms with van der Waals surface area (Å²) < 4.78 is 21.5. The minimum atomic E-state index is -1.11. The molecule has 28 heavy (non-hydrogen) atoms. The minimum Gasteiger partial charge on any atom is -0.491 e. The molecule has 0 fully saturated rings. The number of amides is 1. The molecule has 0 saturated carbocycles. The summed E-state index contributed by atoms with van der Waals surface area (Å²) in [5.74, 6) is 0.203. The van der Waals surface area contributed by atoms with E-state index in [-0.39, 0.29) is 29.0 Å². The molecule has 0 aliphatic carbocycles. The van der Waals surface area contributed by atoms with Gasteiger partial charge in [-0.25, -0.2) is 9.18 Å². The van der Waals surface area contributed by atoms with Crippen LogP contribution in [0.5, 0.6) is 5.75 Å². The van der Waals surface area contributed by atoms with Crippen LogP contribution >= 0.6 is 0 Å². The Kier molecular flexibility index (Phi) is 5.48. The van der Waals surface area contributed by atoms with E-state index in [4.69, 9.17) is 9.84 Å². The highest BCUT2D eigenvalue weighted by Gasteiger charge is 2.16. The van der Waals surface area contributed by atoms with Gasteiger partial charge in [-0.15, -0.1) is 0 Å². The number of ether oxygens (including phenoxy) is 1. The van der Waals surface area contributed by atoms with Crippen LogP contribution < -0.4 is 15.6 Å². The zero-order valence-corrected chi connectivity index (χ0v) is 15.9. The van der Waals surface area contributed by atoms with E-state index in [0.717, 1.165) is 6.20 Å². The topological polar surface area (TPSA) is 93.5 Å². The second kappa shape index (κ2) is 7.84. The molecule has 7 nitrogen and oxygen atoms in total. The predicted octanol–water partition coefficient (Wildman–Crippen LogP) is 3.29. The number of hydrogen-bond acceptors (Lipinski definition) is 4. The van der Waals surface area contributed by atoms with Crippen LogP contribution in [0.2, 0.25) is 0 Å². The molecular weight excluding hydrogens is 365 g/mol. The van der Waals surface area contributed by atoms with Crippen LogP contribution in [0.25, 0.3) is 21.7 Å². The first-order valence-electron chi connectivity index (χ1n) is 8.96. The average molecular weight is 387 g/mol. The van der Waals surface area contributed by atoms with E-state index in [1.54, 1.807) is 25.2 Å². The highest BCUT2D eigenvalue weighted by Crippen LogP contribution is 2.27. The molecule has 148 valence electrons. The molecule has 0 aliphatic rings. The lowest BCUT2D eigenvalue weighted by Crippen LogP contribution is -2.39. The van der Waals surface area contributed by atoms with Crippen LogP contribution in [0.4, 0.5) is 9.18 Å². The number of fused-ring (bicyclic) bond motifs is 3. The van der Waals surface area contributed by atoms with Gasteiger partial charge in [-0.1, -0.05) is 13.8 Å². The highest BCUT2D eigenvalue weighted by molar-refractivity contribution is 6.05. The average Bonchev–Trinajstić information content (AvgIpc) is 2.63. The monoisotopic (exact) mass is 387 g/mol. The molecule has 2 N–H and O–H groups in total. The Labute approximate surface area is 160 Å². The number of aryl methyl sites for hydroxylation is 1. The zero-order valence-electron chi connectivity index (χ0n) is 15.9. The number of carbonyl (C=O) groups is 1. The Morgan fingerprint density at radius 1 is 1.32 bits per heavy atom. The number of aromatic nitrogens is 2. The summed E-state index contributed by atoms with van der Waals surface area (Å²) in [6.45, 7) is 4.14. The van der Waals surface area contributed by atoms with Gasteiger partial charge in [0, 0.05) is 30.1 Å². The van der Waals surface area contributed by atoms with Crippen LogP contribution in [0, 0.1) is 11.7 Å². The van der Waals surface area contributed by atoms with E-state index in [9.17, 15) is 14.0 Å². The van der Waals surface area contributed by atoms with Crippen molar-refractivity contribution >= 4 is 27.8 Å². The van der Waals surface area contributed by atoms with Gasteiger partial charge in [0.2, 0.25) is 0 Å². The van der Waals surface area contributed by atoms with Gasteiger partial charge >= 0.3 is 6.09 Å². The van der Waals surface area contributed by atoms with Crippen molar-refractivity contribution in [1.82, 2.24) is 14.9 Å². The van der Waals surface area contributed by atoms with Crippen LogP contribution in [0.1, 0.15) is 20.3 Å². The molecule has 1 aromatic carbocycles. The highest BCUT2D eigenvalue weighted by atomic mass is 19.1. The third kappa shape index (κ3) is 3.90. The van der Waals surface area contributed by atoms with Crippen molar-refractivity contribution in [1.29, 1.82) is 0 Å². The molecule has 0 aliphatic heterocycles. The number of rotatable bonds is 6. The van der Waals surface area contributed by atoms with E-state index in [1.165, 1.54) is 10.8 Å². The van der Waals surface area contributed by atoms with Gasteiger partial charge in [0.15, 0.2) is 0 Å². The van der Waals surface area contributed by atoms with Gasteiger partial charge in [0.1, 0.15) is 18.2 Å². The number of pyridine rings is 2. The first-order chi connectivity index (χ1) is 13.3. The molecule has 3 rings (SSSR count). The summed E-state index contributed by atoms with van der Waals surface area (Å²) in [6, 6.07) is 4.66. The first-order valence-corrected chi connectivity index (χ1v) is 8.96. The third-order valence-corrected chi connectivity index (χ3v) is 4.57. The van der Waals surface area contributed by atoms with Gasteiger partial charge < -0.3 is 19.7 Å². The number of nitrogens with zero attached hydrogens (tertiary/aromatic N) is 2. The van der Waals surface area contributed by atoms with E-state index < -0.39 is 11.9 Å². The van der Waals surface area contributed by atoms with Crippen molar-refractivity contribution in [2.24, 2.45) is 13.0 Å². The maximum Gasteiger partial charge on any atom is 0.404 e. The molecule has 0 spiro atoms. The number of hydrogen-bond donors (Lipinski definition) is 2. The van der Waals surface area contributed by atoms with Crippen molar-refractivity contribution in [2.45, 2.75) is 26.3 Å². The smallest absolute Gasteiger partial charge is 0.404 e. The largest absolute Gasteiger partial charge is 0.491 e. The molecule has 0 radical (unpaired) electrons. The quantitative estimate of drug-likeness (QED) is 0.633. The maximum atomic E-state index is 14.3. The molecule has 8 heteroatoms. The molecule has 1 amide bonds.